The predicted molar refractivity (Wildman–Crippen MR) is 97.0 cm³/mol. The fourth-order valence-corrected chi connectivity index (χ4v) is 6.41. The average molecular weight is 348 g/mol. The quantitative estimate of drug-likeness (QED) is 0.821. The molecule has 1 saturated heterocycles. The van der Waals surface area contributed by atoms with Gasteiger partial charge in [-0.2, -0.15) is 0 Å². The van der Waals surface area contributed by atoms with Gasteiger partial charge in [0.05, 0.1) is 0 Å². The second kappa shape index (κ2) is 6.81. The molecule has 4 bridgehead atoms. The number of urea groups is 1. The lowest BCUT2D eigenvalue weighted by atomic mass is 9.53. The number of piperidine rings is 1. The van der Waals surface area contributed by atoms with Crippen molar-refractivity contribution in [2.45, 2.75) is 70.3 Å². The van der Waals surface area contributed by atoms with Gasteiger partial charge in [-0.1, -0.05) is 6.92 Å². The Bertz CT molecular complexity index is 498. The summed E-state index contributed by atoms with van der Waals surface area (Å²) in [5.74, 6) is 3.27. The summed E-state index contributed by atoms with van der Waals surface area (Å²) in [5, 5.41) is 6.25. The lowest BCUT2D eigenvalue weighted by Crippen LogP contribution is -2.61. The molecule has 1 aliphatic heterocycles. The van der Waals surface area contributed by atoms with E-state index in [2.05, 4.69) is 17.6 Å². The van der Waals surface area contributed by atoms with E-state index in [1.807, 2.05) is 4.90 Å². The third-order valence-electron chi connectivity index (χ3n) is 7.05. The molecule has 1 atom stereocenters. The van der Waals surface area contributed by atoms with Crippen molar-refractivity contribution < 1.29 is 9.59 Å². The highest BCUT2D eigenvalue weighted by molar-refractivity contribution is 5.78. The van der Waals surface area contributed by atoms with Crippen LogP contribution in [-0.2, 0) is 4.79 Å². The zero-order chi connectivity index (χ0) is 17.4. The topological polar surface area (TPSA) is 61.4 Å². The summed E-state index contributed by atoms with van der Waals surface area (Å²) in [7, 11) is 0. The van der Waals surface area contributed by atoms with Crippen molar-refractivity contribution in [3.8, 4) is 0 Å². The van der Waals surface area contributed by atoms with Gasteiger partial charge in [-0.15, -0.1) is 0 Å². The third-order valence-corrected chi connectivity index (χ3v) is 7.05. The van der Waals surface area contributed by atoms with Crippen LogP contribution in [0.1, 0.15) is 64.7 Å². The summed E-state index contributed by atoms with van der Waals surface area (Å²) in [6, 6.07) is -0.0678. The van der Waals surface area contributed by atoms with Crippen molar-refractivity contribution in [1.82, 2.24) is 15.5 Å². The molecular weight excluding hydrogens is 314 g/mol. The van der Waals surface area contributed by atoms with E-state index >= 15 is 0 Å². The number of carbonyl (C=O) groups is 2. The Labute approximate surface area is 151 Å². The maximum atomic E-state index is 12.4. The van der Waals surface area contributed by atoms with E-state index in [1.165, 1.54) is 25.7 Å². The molecule has 5 aliphatic rings. The van der Waals surface area contributed by atoms with Crippen LogP contribution in [0.4, 0.5) is 4.79 Å². The minimum absolute atomic E-state index is 0.0468. The van der Waals surface area contributed by atoms with Gasteiger partial charge in [0.25, 0.3) is 0 Å². The Morgan fingerprint density at radius 2 is 1.72 bits per heavy atom. The molecule has 5 heteroatoms. The summed E-state index contributed by atoms with van der Waals surface area (Å²) in [6.45, 7) is 4.40. The van der Waals surface area contributed by atoms with Gasteiger partial charge in [0.2, 0.25) is 5.91 Å². The van der Waals surface area contributed by atoms with Crippen molar-refractivity contribution in [1.29, 1.82) is 0 Å². The molecule has 5 rings (SSSR count). The van der Waals surface area contributed by atoms with Crippen LogP contribution < -0.4 is 10.6 Å². The van der Waals surface area contributed by atoms with Crippen molar-refractivity contribution in [3.63, 3.8) is 0 Å². The molecule has 3 amide bonds. The standard InChI is InChI=1S/C20H33N3O2/c1-14-3-2-6-23(13-14)18(24)4-5-21-19(25)22-20-10-15-7-16(11-20)9-17(8-15)12-20/h14-17H,2-13H2,1H3,(H2,21,22,25). The summed E-state index contributed by atoms with van der Waals surface area (Å²) < 4.78 is 0. The monoisotopic (exact) mass is 347 g/mol. The molecule has 140 valence electrons. The van der Waals surface area contributed by atoms with E-state index in [0.717, 1.165) is 56.5 Å². The van der Waals surface area contributed by atoms with Gasteiger partial charge in [0, 0.05) is 31.6 Å². The molecule has 25 heavy (non-hydrogen) atoms. The molecule has 0 aromatic heterocycles. The molecular formula is C20H33N3O2. The normalized spacial score (nSPS) is 39.3. The summed E-state index contributed by atoms with van der Waals surface area (Å²) in [6.07, 6.45) is 10.4. The maximum absolute atomic E-state index is 12.4. The largest absolute Gasteiger partial charge is 0.342 e. The van der Waals surface area contributed by atoms with Gasteiger partial charge in [-0.05, 0) is 75.0 Å². The molecule has 5 fully saturated rings. The fraction of sp³-hybridized carbons (Fsp3) is 0.900. The predicted octanol–water partition coefficient (Wildman–Crippen LogP) is 2.90. The van der Waals surface area contributed by atoms with E-state index in [9.17, 15) is 9.59 Å². The van der Waals surface area contributed by atoms with Crippen LogP contribution in [0.15, 0.2) is 0 Å². The van der Waals surface area contributed by atoms with E-state index in [0.29, 0.717) is 18.9 Å². The lowest BCUT2D eigenvalue weighted by molar-refractivity contribution is -0.132. The van der Waals surface area contributed by atoms with Crippen LogP contribution in [0, 0.1) is 23.7 Å². The number of hydrogen-bond acceptors (Lipinski definition) is 2. The highest BCUT2D eigenvalue weighted by Gasteiger charge is 2.51. The number of hydrogen-bond donors (Lipinski definition) is 2. The van der Waals surface area contributed by atoms with E-state index < -0.39 is 0 Å². The Kier molecular flexibility index (Phi) is 4.67. The first kappa shape index (κ1) is 17.2. The lowest BCUT2D eigenvalue weighted by Gasteiger charge is -2.56. The first-order valence-corrected chi connectivity index (χ1v) is 10.4. The van der Waals surface area contributed by atoms with Gasteiger partial charge in [-0.3, -0.25) is 4.79 Å². The molecule has 5 nitrogen and oxygen atoms in total. The molecule has 4 saturated carbocycles. The molecule has 1 heterocycles. The first-order chi connectivity index (χ1) is 12.0. The SMILES string of the molecule is CC1CCCN(C(=O)CCNC(=O)NC23CC4CC(CC(C4)C2)C3)C1. The first-order valence-electron chi connectivity index (χ1n) is 10.4. The Morgan fingerprint density at radius 1 is 1.08 bits per heavy atom. The number of nitrogens with zero attached hydrogens (tertiary/aromatic N) is 1. The van der Waals surface area contributed by atoms with Crippen LogP contribution in [0.25, 0.3) is 0 Å². The van der Waals surface area contributed by atoms with Gasteiger partial charge >= 0.3 is 6.03 Å². The molecule has 1 unspecified atom stereocenters. The highest BCUT2D eigenvalue weighted by Crippen LogP contribution is 2.55. The highest BCUT2D eigenvalue weighted by atomic mass is 16.2. The van der Waals surface area contributed by atoms with Crippen molar-refractivity contribution in [3.05, 3.63) is 0 Å². The second-order valence-corrected chi connectivity index (χ2v) is 9.42. The Hall–Kier alpha value is -1.26. The molecule has 0 aromatic carbocycles. The summed E-state index contributed by atoms with van der Waals surface area (Å²) >= 11 is 0. The van der Waals surface area contributed by atoms with E-state index in [4.69, 9.17) is 0 Å². The van der Waals surface area contributed by atoms with Crippen molar-refractivity contribution in [2.75, 3.05) is 19.6 Å². The molecule has 0 spiro atoms. The minimum atomic E-state index is -0.0678. The van der Waals surface area contributed by atoms with Crippen molar-refractivity contribution >= 4 is 11.9 Å². The van der Waals surface area contributed by atoms with Crippen LogP contribution in [0.2, 0.25) is 0 Å². The fourth-order valence-electron chi connectivity index (χ4n) is 6.41. The maximum Gasteiger partial charge on any atom is 0.315 e. The summed E-state index contributed by atoms with van der Waals surface area (Å²) in [4.78, 5) is 26.6. The van der Waals surface area contributed by atoms with Crippen LogP contribution in [0.5, 0.6) is 0 Å². The third kappa shape index (κ3) is 3.80. The van der Waals surface area contributed by atoms with E-state index in [1.54, 1.807) is 0 Å². The Balaban J connectivity index is 1.21. The van der Waals surface area contributed by atoms with Crippen LogP contribution in [-0.4, -0.2) is 42.0 Å². The zero-order valence-electron chi connectivity index (χ0n) is 15.6. The van der Waals surface area contributed by atoms with Crippen LogP contribution in [0.3, 0.4) is 0 Å². The molecule has 0 radical (unpaired) electrons. The van der Waals surface area contributed by atoms with Crippen LogP contribution >= 0.6 is 0 Å². The zero-order valence-corrected chi connectivity index (χ0v) is 15.6. The molecule has 0 aromatic rings. The number of rotatable bonds is 4. The number of likely N-dealkylation sites (tertiary alicyclic amines) is 1. The van der Waals surface area contributed by atoms with Gasteiger partial charge in [-0.25, -0.2) is 4.79 Å². The smallest absolute Gasteiger partial charge is 0.315 e. The minimum Gasteiger partial charge on any atom is -0.342 e. The van der Waals surface area contributed by atoms with Gasteiger partial charge in [0.1, 0.15) is 0 Å². The number of carbonyl (C=O) groups excluding carboxylic acids is 2. The van der Waals surface area contributed by atoms with Gasteiger partial charge < -0.3 is 15.5 Å². The number of nitrogens with one attached hydrogen (secondary N) is 2. The van der Waals surface area contributed by atoms with E-state index in [-0.39, 0.29) is 17.5 Å². The number of amides is 3. The summed E-state index contributed by atoms with van der Waals surface area (Å²) in [5.41, 5.74) is 0.0468. The van der Waals surface area contributed by atoms with Gasteiger partial charge in [0.15, 0.2) is 0 Å². The Morgan fingerprint density at radius 3 is 2.32 bits per heavy atom. The molecule has 2 N–H and O–H groups in total. The van der Waals surface area contributed by atoms with Crippen molar-refractivity contribution in [2.24, 2.45) is 23.7 Å². The average Bonchev–Trinajstić information content (AvgIpc) is 2.52. The molecule has 4 aliphatic carbocycles. The second-order valence-electron chi connectivity index (χ2n) is 9.42.